The first-order valence-corrected chi connectivity index (χ1v) is 7.64. The second-order valence-corrected chi connectivity index (χ2v) is 5.60. The van der Waals surface area contributed by atoms with Gasteiger partial charge in [0.15, 0.2) is 0 Å². The van der Waals surface area contributed by atoms with Gasteiger partial charge in [-0.1, -0.05) is 13.3 Å². The van der Waals surface area contributed by atoms with E-state index in [1.807, 2.05) is 0 Å². The number of benzene rings is 1. The first-order chi connectivity index (χ1) is 10.6. The number of aliphatic hydroxyl groups excluding tert-OH is 1. The number of nitrogens with zero attached hydrogens (tertiary/aromatic N) is 1. The molecule has 2 aromatic rings. The summed E-state index contributed by atoms with van der Waals surface area (Å²) in [5.41, 5.74) is 1.75. The third-order valence-corrected chi connectivity index (χ3v) is 3.95. The lowest BCUT2D eigenvalue weighted by Crippen LogP contribution is -2.29. The van der Waals surface area contributed by atoms with Gasteiger partial charge < -0.3 is 15.4 Å². The van der Waals surface area contributed by atoms with Gasteiger partial charge in [-0.05, 0) is 37.0 Å². The first-order valence-electron chi connectivity index (χ1n) is 7.64. The average molecular weight is 305 g/mol. The number of hydrogen-bond acceptors (Lipinski definition) is 3. The number of fused-ring (bicyclic) bond motifs is 1. The second kappa shape index (κ2) is 7.26. The van der Waals surface area contributed by atoms with Crippen LogP contribution in [0.5, 0.6) is 0 Å². The highest BCUT2D eigenvalue weighted by atomic mass is 16.3. The molecule has 22 heavy (non-hydrogen) atoms. The van der Waals surface area contributed by atoms with E-state index in [2.05, 4.69) is 17.2 Å². The highest BCUT2D eigenvalue weighted by Crippen LogP contribution is 2.13. The molecule has 1 amide bonds. The molecule has 1 aromatic carbocycles. The van der Waals surface area contributed by atoms with Crippen molar-refractivity contribution in [1.82, 2.24) is 14.9 Å². The van der Waals surface area contributed by atoms with Crippen LogP contribution in [0.2, 0.25) is 0 Å². The molecule has 6 heteroatoms. The Kier molecular flexibility index (Phi) is 5.38. The lowest BCUT2D eigenvalue weighted by Gasteiger charge is -2.15. The minimum Gasteiger partial charge on any atom is -0.396 e. The smallest absolute Gasteiger partial charge is 0.326 e. The predicted molar refractivity (Wildman–Crippen MR) is 86.0 cm³/mol. The molecule has 0 radical (unpaired) electrons. The zero-order valence-corrected chi connectivity index (χ0v) is 13.1. The highest BCUT2D eigenvalue weighted by Gasteiger charge is 2.12. The topological polar surface area (TPSA) is 87.1 Å². The van der Waals surface area contributed by atoms with E-state index in [-0.39, 0.29) is 18.2 Å². The number of carbonyl (C=O) groups excluding carboxylic acids is 1. The molecule has 1 heterocycles. The van der Waals surface area contributed by atoms with Gasteiger partial charge in [-0.25, -0.2) is 4.79 Å². The fourth-order valence-corrected chi connectivity index (χ4v) is 2.66. The Morgan fingerprint density at radius 3 is 2.86 bits per heavy atom. The van der Waals surface area contributed by atoms with Gasteiger partial charge in [-0.3, -0.25) is 9.36 Å². The van der Waals surface area contributed by atoms with Crippen molar-refractivity contribution in [3.63, 3.8) is 0 Å². The van der Waals surface area contributed by atoms with Crippen LogP contribution in [-0.2, 0) is 7.05 Å². The van der Waals surface area contributed by atoms with Crippen LogP contribution in [0.1, 0.15) is 36.5 Å². The van der Waals surface area contributed by atoms with E-state index in [0.29, 0.717) is 30.0 Å². The van der Waals surface area contributed by atoms with E-state index in [1.165, 1.54) is 4.57 Å². The minimum atomic E-state index is -0.196. The Bertz CT molecular complexity index is 696. The molecule has 0 saturated heterocycles. The summed E-state index contributed by atoms with van der Waals surface area (Å²) >= 11 is 0. The fraction of sp³-hybridized carbons (Fsp3) is 0.500. The maximum absolute atomic E-state index is 12.2. The van der Waals surface area contributed by atoms with Crippen molar-refractivity contribution in [2.45, 2.75) is 26.2 Å². The van der Waals surface area contributed by atoms with Crippen LogP contribution < -0.4 is 11.0 Å². The van der Waals surface area contributed by atoms with Crippen molar-refractivity contribution in [2.24, 2.45) is 13.0 Å². The number of aliphatic hydroxyl groups is 1. The number of amides is 1. The third kappa shape index (κ3) is 3.57. The van der Waals surface area contributed by atoms with Gasteiger partial charge in [0.25, 0.3) is 5.91 Å². The van der Waals surface area contributed by atoms with Crippen LogP contribution in [0, 0.1) is 5.92 Å². The summed E-state index contributed by atoms with van der Waals surface area (Å²) in [6.45, 7) is 2.78. The van der Waals surface area contributed by atoms with Crippen LogP contribution in [0.4, 0.5) is 0 Å². The third-order valence-electron chi connectivity index (χ3n) is 3.95. The predicted octanol–water partition coefficient (Wildman–Crippen LogP) is 1.40. The van der Waals surface area contributed by atoms with Crippen molar-refractivity contribution < 1.29 is 9.90 Å². The van der Waals surface area contributed by atoms with Crippen molar-refractivity contribution in [1.29, 1.82) is 0 Å². The van der Waals surface area contributed by atoms with Crippen LogP contribution >= 0.6 is 0 Å². The standard InChI is InChI=1S/C16H23N3O3/c1-3-4-11(7-8-20)10-17-15(21)12-5-6-14-13(9-12)18-16(22)19(14)2/h5-6,9,11,20H,3-4,7-8,10H2,1-2H3,(H,17,21)(H,18,22). The average Bonchev–Trinajstić information content (AvgIpc) is 2.79. The van der Waals surface area contributed by atoms with Crippen molar-refractivity contribution >= 4 is 16.9 Å². The summed E-state index contributed by atoms with van der Waals surface area (Å²) in [5.74, 6) is 0.129. The van der Waals surface area contributed by atoms with Gasteiger partial charge in [0.05, 0.1) is 11.0 Å². The van der Waals surface area contributed by atoms with Crippen molar-refractivity contribution in [3.05, 3.63) is 34.2 Å². The summed E-state index contributed by atoms with van der Waals surface area (Å²) in [5, 5.41) is 11.9. The van der Waals surface area contributed by atoms with Gasteiger partial charge >= 0.3 is 5.69 Å². The summed E-state index contributed by atoms with van der Waals surface area (Å²) in [6, 6.07) is 5.16. The van der Waals surface area contributed by atoms with Gasteiger partial charge in [0.1, 0.15) is 0 Å². The van der Waals surface area contributed by atoms with E-state index in [1.54, 1.807) is 25.2 Å². The SMILES string of the molecule is CCCC(CCO)CNC(=O)c1ccc2c(c1)[nH]c(=O)n2C. The molecule has 1 unspecified atom stereocenters. The quantitative estimate of drug-likeness (QED) is 0.722. The van der Waals surface area contributed by atoms with Crippen LogP contribution in [0.15, 0.2) is 23.0 Å². The molecule has 0 fully saturated rings. The number of aromatic amines is 1. The maximum atomic E-state index is 12.2. The summed E-state index contributed by atoms with van der Waals surface area (Å²) in [4.78, 5) is 26.5. The lowest BCUT2D eigenvalue weighted by atomic mass is 10.00. The van der Waals surface area contributed by atoms with Gasteiger partial charge in [-0.15, -0.1) is 0 Å². The molecule has 0 aliphatic rings. The Hall–Kier alpha value is -2.08. The molecule has 2 rings (SSSR count). The van der Waals surface area contributed by atoms with Crippen LogP contribution in [0.3, 0.4) is 0 Å². The second-order valence-electron chi connectivity index (χ2n) is 5.60. The molecule has 6 nitrogen and oxygen atoms in total. The molecule has 0 aliphatic heterocycles. The van der Waals surface area contributed by atoms with E-state index in [9.17, 15) is 9.59 Å². The zero-order valence-electron chi connectivity index (χ0n) is 13.1. The zero-order chi connectivity index (χ0) is 16.1. The summed E-state index contributed by atoms with van der Waals surface area (Å²) in [7, 11) is 1.69. The number of aromatic nitrogens is 2. The van der Waals surface area contributed by atoms with Crippen LogP contribution in [0.25, 0.3) is 11.0 Å². The van der Waals surface area contributed by atoms with Gasteiger partial charge in [-0.2, -0.15) is 0 Å². The Morgan fingerprint density at radius 2 is 2.18 bits per heavy atom. The number of H-pyrrole nitrogens is 1. The van der Waals surface area contributed by atoms with Crippen molar-refractivity contribution in [3.8, 4) is 0 Å². The molecule has 1 aromatic heterocycles. The number of rotatable bonds is 7. The fourth-order valence-electron chi connectivity index (χ4n) is 2.66. The number of imidazole rings is 1. The molecular weight excluding hydrogens is 282 g/mol. The lowest BCUT2D eigenvalue weighted by molar-refractivity contribution is 0.0943. The number of hydrogen-bond donors (Lipinski definition) is 3. The van der Waals surface area contributed by atoms with Gasteiger partial charge in [0, 0.05) is 25.8 Å². The summed E-state index contributed by atoms with van der Waals surface area (Å²) in [6.07, 6.45) is 2.70. The summed E-state index contributed by atoms with van der Waals surface area (Å²) < 4.78 is 1.51. The molecule has 0 aliphatic carbocycles. The molecule has 0 spiro atoms. The molecule has 0 saturated carbocycles. The molecule has 120 valence electrons. The van der Waals surface area contributed by atoms with Gasteiger partial charge in [0.2, 0.25) is 0 Å². The molecule has 0 bridgehead atoms. The number of carbonyl (C=O) groups is 1. The Labute approximate surface area is 129 Å². The Morgan fingerprint density at radius 1 is 1.41 bits per heavy atom. The van der Waals surface area contributed by atoms with E-state index < -0.39 is 0 Å². The number of aryl methyl sites for hydroxylation is 1. The van der Waals surface area contributed by atoms with E-state index >= 15 is 0 Å². The highest BCUT2D eigenvalue weighted by molar-refractivity contribution is 5.97. The first kappa shape index (κ1) is 16.3. The monoisotopic (exact) mass is 305 g/mol. The maximum Gasteiger partial charge on any atom is 0.326 e. The van der Waals surface area contributed by atoms with E-state index in [4.69, 9.17) is 5.11 Å². The van der Waals surface area contributed by atoms with Crippen molar-refractivity contribution in [2.75, 3.05) is 13.2 Å². The molecular formula is C16H23N3O3. The largest absolute Gasteiger partial charge is 0.396 e. The van der Waals surface area contributed by atoms with Crippen LogP contribution in [-0.4, -0.2) is 33.7 Å². The molecule has 3 N–H and O–H groups in total. The Balaban J connectivity index is 2.07. The van der Waals surface area contributed by atoms with E-state index in [0.717, 1.165) is 18.4 Å². The minimum absolute atomic E-state index is 0.137. The number of nitrogens with one attached hydrogen (secondary N) is 2. The normalized spacial score (nSPS) is 12.5. The molecule has 1 atom stereocenters.